The molecular formula is C15H15N3O2. The first-order valence-electron chi connectivity index (χ1n) is 6.48. The van der Waals surface area contributed by atoms with Gasteiger partial charge in [-0.05, 0) is 48.6 Å². The second kappa shape index (κ2) is 4.58. The number of hydrogen-bond donors (Lipinski definition) is 3. The Morgan fingerprint density at radius 2 is 1.90 bits per heavy atom. The zero-order chi connectivity index (χ0) is 14.3. The van der Waals surface area contributed by atoms with Crippen LogP contribution in [0.2, 0.25) is 0 Å². The van der Waals surface area contributed by atoms with Crippen LogP contribution in [0.4, 0.5) is 5.69 Å². The third kappa shape index (κ3) is 1.91. The Labute approximate surface area is 116 Å². The molecule has 1 aliphatic carbocycles. The van der Waals surface area contributed by atoms with E-state index in [0.717, 1.165) is 11.3 Å². The van der Waals surface area contributed by atoms with Gasteiger partial charge in [0.15, 0.2) is 0 Å². The van der Waals surface area contributed by atoms with Crippen LogP contribution in [0.15, 0.2) is 30.5 Å². The predicted molar refractivity (Wildman–Crippen MR) is 74.5 cm³/mol. The molecule has 0 amide bonds. The number of benzene rings is 1. The van der Waals surface area contributed by atoms with Crippen molar-refractivity contribution in [3.63, 3.8) is 0 Å². The normalized spacial score (nSPS) is 21.2. The largest absolute Gasteiger partial charge is 0.508 e. The maximum Gasteiger partial charge on any atom is 0.148 e. The van der Waals surface area contributed by atoms with E-state index in [1.807, 2.05) is 6.20 Å². The van der Waals surface area contributed by atoms with Gasteiger partial charge >= 0.3 is 0 Å². The number of nitrogens with two attached hydrogens (primary N) is 1. The van der Waals surface area contributed by atoms with Gasteiger partial charge in [-0.25, -0.2) is 0 Å². The monoisotopic (exact) mass is 269 g/mol. The van der Waals surface area contributed by atoms with E-state index in [1.165, 1.54) is 0 Å². The summed E-state index contributed by atoms with van der Waals surface area (Å²) < 4.78 is 1.73. The number of rotatable bonds is 2. The van der Waals surface area contributed by atoms with E-state index >= 15 is 0 Å². The average molecular weight is 269 g/mol. The number of aliphatic hydroxyl groups excluding tert-OH is 1. The molecule has 0 saturated heterocycles. The van der Waals surface area contributed by atoms with Gasteiger partial charge in [-0.1, -0.05) is 0 Å². The highest BCUT2D eigenvalue weighted by Crippen LogP contribution is 2.41. The summed E-state index contributed by atoms with van der Waals surface area (Å²) in [4.78, 5) is 0. The van der Waals surface area contributed by atoms with Crippen molar-refractivity contribution in [3.05, 3.63) is 41.7 Å². The summed E-state index contributed by atoms with van der Waals surface area (Å²) >= 11 is 0. The van der Waals surface area contributed by atoms with Crippen LogP contribution in [-0.2, 0) is 0 Å². The molecule has 0 bridgehead atoms. The summed E-state index contributed by atoms with van der Waals surface area (Å²) in [7, 11) is 0. The van der Waals surface area contributed by atoms with Crippen molar-refractivity contribution >= 4 is 5.69 Å². The fourth-order valence-electron chi connectivity index (χ4n) is 2.64. The van der Waals surface area contributed by atoms with Gasteiger partial charge in [0.25, 0.3) is 0 Å². The lowest BCUT2D eigenvalue weighted by Gasteiger charge is -2.31. The summed E-state index contributed by atoms with van der Waals surface area (Å²) in [6.07, 6.45) is 2.97. The summed E-state index contributed by atoms with van der Waals surface area (Å²) in [6.45, 7) is 0. The van der Waals surface area contributed by atoms with Crippen molar-refractivity contribution < 1.29 is 10.2 Å². The molecule has 4 N–H and O–H groups in total. The van der Waals surface area contributed by atoms with Gasteiger partial charge in [0.1, 0.15) is 17.5 Å². The lowest BCUT2D eigenvalue weighted by molar-refractivity contribution is 0.0749. The minimum absolute atomic E-state index is 0.176. The topological polar surface area (TPSA) is 95.2 Å². The molecule has 1 heterocycles. The van der Waals surface area contributed by atoms with E-state index in [1.54, 1.807) is 28.8 Å². The highest BCUT2D eigenvalue weighted by atomic mass is 16.3. The molecule has 1 aromatic heterocycles. The molecule has 0 unspecified atom stereocenters. The quantitative estimate of drug-likeness (QED) is 0.775. The number of nitrogen functional groups attached to an aromatic ring is 1. The minimum atomic E-state index is -0.262. The minimum Gasteiger partial charge on any atom is -0.508 e. The van der Waals surface area contributed by atoms with Crippen LogP contribution in [0.5, 0.6) is 5.75 Å². The van der Waals surface area contributed by atoms with Crippen molar-refractivity contribution in [1.29, 1.82) is 5.26 Å². The van der Waals surface area contributed by atoms with Crippen molar-refractivity contribution in [2.24, 2.45) is 0 Å². The van der Waals surface area contributed by atoms with E-state index in [9.17, 15) is 15.5 Å². The van der Waals surface area contributed by atoms with E-state index in [2.05, 4.69) is 6.07 Å². The molecule has 0 radical (unpaired) electrons. The lowest BCUT2D eigenvalue weighted by atomic mass is 9.78. The molecule has 3 rings (SSSR count). The number of nitriles is 1. The number of phenolic OH excluding ortho intramolecular Hbond substituents is 1. The number of aliphatic hydroxyl groups is 1. The number of aromatic nitrogens is 1. The first kappa shape index (κ1) is 12.6. The summed E-state index contributed by atoms with van der Waals surface area (Å²) in [5, 5.41) is 28.0. The Bertz CT molecular complexity index is 676. The molecule has 0 atom stereocenters. The van der Waals surface area contributed by atoms with Gasteiger partial charge in [0, 0.05) is 11.9 Å². The third-order valence-electron chi connectivity index (χ3n) is 3.86. The van der Waals surface area contributed by atoms with Gasteiger partial charge in [-0.2, -0.15) is 5.26 Å². The highest BCUT2D eigenvalue weighted by molar-refractivity contribution is 5.62. The zero-order valence-electron chi connectivity index (χ0n) is 10.8. The van der Waals surface area contributed by atoms with Crippen LogP contribution >= 0.6 is 0 Å². The Hall–Kier alpha value is -2.45. The van der Waals surface area contributed by atoms with Gasteiger partial charge in [0.05, 0.1) is 11.8 Å². The van der Waals surface area contributed by atoms with E-state index in [0.29, 0.717) is 24.2 Å². The second-order valence-corrected chi connectivity index (χ2v) is 5.17. The highest BCUT2D eigenvalue weighted by Gasteiger charge is 2.32. The molecule has 2 aromatic rings. The molecule has 1 saturated carbocycles. The number of aromatic hydroxyl groups is 1. The van der Waals surface area contributed by atoms with Crippen molar-refractivity contribution in [1.82, 2.24) is 4.57 Å². The smallest absolute Gasteiger partial charge is 0.148 e. The van der Waals surface area contributed by atoms with Crippen LogP contribution in [-0.4, -0.2) is 20.9 Å². The summed E-state index contributed by atoms with van der Waals surface area (Å²) in [5.41, 5.74) is 8.63. The first-order chi connectivity index (χ1) is 9.60. The maximum atomic E-state index is 9.41. The van der Waals surface area contributed by atoms with Crippen LogP contribution < -0.4 is 5.73 Å². The zero-order valence-corrected chi connectivity index (χ0v) is 10.8. The standard InChI is InChI=1S/C15H15N3O2/c16-7-14-15(17)13(9-5-12(20)6-9)8-18(14)10-1-3-11(19)4-2-10/h1-4,8-9,12,19-20H,5-6,17H2. The van der Waals surface area contributed by atoms with Crippen molar-refractivity contribution in [2.75, 3.05) is 5.73 Å². The number of anilines is 1. The fraction of sp³-hybridized carbons (Fsp3) is 0.267. The molecule has 20 heavy (non-hydrogen) atoms. The Kier molecular flexibility index (Phi) is 2.88. The van der Waals surface area contributed by atoms with Crippen LogP contribution in [0.3, 0.4) is 0 Å². The Morgan fingerprint density at radius 3 is 2.45 bits per heavy atom. The van der Waals surface area contributed by atoms with Crippen LogP contribution in [0.1, 0.15) is 30.0 Å². The van der Waals surface area contributed by atoms with Crippen LogP contribution in [0, 0.1) is 11.3 Å². The van der Waals surface area contributed by atoms with Gasteiger partial charge in [-0.3, -0.25) is 0 Å². The molecular weight excluding hydrogens is 254 g/mol. The van der Waals surface area contributed by atoms with Crippen molar-refractivity contribution in [2.45, 2.75) is 24.9 Å². The summed E-state index contributed by atoms with van der Waals surface area (Å²) in [6, 6.07) is 8.72. The predicted octanol–water partition coefficient (Wildman–Crippen LogP) is 1.88. The molecule has 1 aliphatic rings. The molecule has 1 fully saturated rings. The van der Waals surface area contributed by atoms with E-state index in [-0.39, 0.29) is 17.8 Å². The van der Waals surface area contributed by atoms with E-state index < -0.39 is 0 Å². The number of hydrogen-bond acceptors (Lipinski definition) is 4. The van der Waals surface area contributed by atoms with Crippen LogP contribution in [0.25, 0.3) is 5.69 Å². The lowest BCUT2D eigenvalue weighted by Crippen LogP contribution is -2.26. The SMILES string of the molecule is N#Cc1c(N)c(C2CC(O)C2)cn1-c1ccc(O)cc1. The fourth-order valence-corrected chi connectivity index (χ4v) is 2.64. The molecule has 5 nitrogen and oxygen atoms in total. The number of phenols is 1. The molecule has 0 spiro atoms. The molecule has 5 heteroatoms. The Balaban J connectivity index is 2.05. The molecule has 1 aromatic carbocycles. The average Bonchev–Trinajstić information content (AvgIpc) is 2.73. The van der Waals surface area contributed by atoms with Gasteiger partial charge in [0.2, 0.25) is 0 Å². The summed E-state index contributed by atoms with van der Waals surface area (Å²) in [5.74, 6) is 0.394. The second-order valence-electron chi connectivity index (χ2n) is 5.17. The van der Waals surface area contributed by atoms with Gasteiger partial charge in [-0.15, -0.1) is 0 Å². The molecule has 102 valence electrons. The Morgan fingerprint density at radius 1 is 1.25 bits per heavy atom. The maximum absolute atomic E-state index is 9.41. The van der Waals surface area contributed by atoms with E-state index in [4.69, 9.17) is 5.73 Å². The molecule has 0 aliphatic heterocycles. The first-order valence-corrected chi connectivity index (χ1v) is 6.48. The van der Waals surface area contributed by atoms with Crippen molar-refractivity contribution in [3.8, 4) is 17.5 Å². The third-order valence-corrected chi connectivity index (χ3v) is 3.86. The van der Waals surface area contributed by atoms with Gasteiger partial charge < -0.3 is 20.5 Å². The number of nitrogens with zero attached hydrogens (tertiary/aromatic N) is 2.